The van der Waals surface area contributed by atoms with E-state index in [2.05, 4.69) is 0 Å². The average molecular weight is 605 g/mol. The minimum atomic E-state index is -4.79. The van der Waals surface area contributed by atoms with Crippen LogP contribution >= 0.6 is 23.1 Å². The fraction of sp³-hybridized carbons (Fsp3) is 0.379. The second kappa shape index (κ2) is 10.5. The summed E-state index contributed by atoms with van der Waals surface area (Å²) in [6.45, 7) is 7.50. The van der Waals surface area contributed by atoms with Crippen LogP contribution in [-0.4, -0.2) is 34.2 Å². The van der Waals surface area contributed by atoms with Crippen molar-refractivity contribution < 1.29 is 32.3 Å². The second-order valence-electron chi connectivity index (χ2n) is 10.9. The predicted molar refractivity (Wildman–Crippen MR) is 149 cm³/mol. The Bertz CT molecular complexity index is 1590. The van der Waals surface area contributed by atoms with E-state index in [0.717, 1.165) is 40.8 Å². The fourth-order valence-corrected chi connectivity index (χ4v) is 8.06. The second-order valence-corrected chi connectivity index (χ2v) is 13.0. The zero-order valence-corrected chi connectivity index (χ0v) is 24.3. The Labute approximate surface area is 242 Å². The van der Waals surface area contributed by atoms with Crippen molar-refractivity contribution >= 4 is 46.6 Å². The van der Waals surface area contributed by atoms with Crippen molar-refractivity contribution in [3.8, 4) is 0 Å². The topological polar surface area (TPSA) is 85.7 Å². The molecule has 0 N–H and O–H groups in total. The molecule has 2 aromatic carbocycles. The molecule has 5 rings (SSSR count). The summed E-state index contributed by atoms with van der Waals surface area (Å²) >= 11 is 1.80. The van der Waals surface area contributed by atoms with Crippen molar-refractivity contribution in [1.29, 1.82) is 0 Å². The van der Waals surface area contributed by atoms with Crippen molar-refractivity contribution in [2.24, 2.45) is 5.92 Å². The van der Waals surface area contributed by atoms with E-state index in [9.17, 15) is 32.3 Å². The van der Waals surface area contributed by atoms with Crippen molar-refractivity contribution in [3.05, 3.63) is 79.8 Å². The molecule has 0 saturated carbocycles. The third kappa shape index (κ3) is 5.12. The van der Waals surface area contributed by atoms with Crippen LogP contribution in [0.25, 0.3) is 0 Å². The number of halogens is 3. The number of anilines is 1. The first kappa shape index (κ1) is 29.1. The van der Waals surface area contributed by atoms with Crippen molar-refractivity contribution in [2.75, 3.05) is 11.5 Å². The third-order valence-corrected chi connectivity index (χ3v) is 9.83. The summed E-state index contributed by atoms with van der Waals surface area (Å²) in [6.07, 6.45) is -4.79. The number of imide groups is 1. The van der Waals surface area contributed by atoms with E-state index < -0.39 is 57.2 Å². The average Bonchev–Trinajstić information content (AvgIpc) is 3.34. The molecule has 0 radical (unpaired) electrons. The van der Waals surface area contributed by atoms with Crippen LogP contribution in [0.4, 0.5) is 18.9 Å². The van der Waals surface area contributed by atoms with Gasteiger partial charge < -0.3 is 4.74 Å². The molecular formula is C29H27F3N2O5S2. The number of esters is 1. The monoisotopic (exact) mass is 604 g/mol. The lowest BCUT2D eigenvalue weighted by Gasteiger charge is -2.31. The highest BCUT2D eigenvalue weighted by atomic mass is 32.2. The van der Waals surface area contributed by atoms with Crippen LogP contribution in [0.1, 0.15) is 55.2 Å². The number of hydrogen-bond donors (Lipinski definition) is 0. The summed E-state index contributed by atoms with van der Waals surface area (Å²) in [5, 5.41) is -0.766. The number of aromatic nitrogens is 1. The molecule has 3 atom stereocenters. The number of para-hydroxylation sites is 1. The molecule has 2 amide bonds. The van der Waals surface area contributed by atoms with Gasteiger partial charge in [-0.2, -0.15) is 13.2 Å². The van der Waals surface area contributed by atoms with E-state index in [0.29, 0.717) is 20.4 Å². The highest BCUT2D eigenvalue weighted by Crippen LogP contribution is 2.54. The quantitative estimate of drug-likeness (QED) is 0.279. The van der Waals surface area contributed by atoms with Crippen LogP contribution in [0.5, 0.6) is 0 Å². The molecule has 12 heteroatoms. The Balaban J connectivity index is 1.67. The Morgan fingerprint density at radius 2 is 1.63 bits per heavy atom. The SMILES string of the molecule is CCOC(=O)Cn1c2c(sc1=O)[C@@H](c1ccc(C(C)(C)C)cc1)[C@@H]1C(=O)N(c3ccccc3C(F)(F)F)C(=O)[C@@H]1S2. The Morgan fingerprint density at radius 1 is 0.976 bits per heavy atom. The van der Waals surface area contributed by atoms with E-state index in [-0.39, 0.29) is 18.6 Å². The number of thioether (sulfide) groups is 1. The molecule has 0 bridgehead atoms. The standard InChI is InChI=1S/C29H27F3N2O5S2/c1-5-39-19(35)14-33-26-23(41-27(33)38)20(15-10-12-16(13-11-15)28(2,3)4)21-22(40-26)25(37)34(24(21)36)18-9-7-6-8-17(18)29(30,31)32/h6-13,20-22H,5,14H2,1-4H3/t20-,21-,22+/m0/s1. The number of amides is 2. The predicted octanol–water partition coefficient (Wildman–Crippen LogP) is 5.59. The number of carbonyl (C=O) groups excluding carboxylic acids is 3. The van der Waals surface area contributed by atoms with Crippen molar-refractivity contribution in [3.63, 3.8) is 0 Å². The number of hydrogen-bond acceptors (Lipinski definition) is 7. The number of rotatable bonds is 5. The molecule has 216 valence electrons. The van der Waals surface area contributed by atoms with Crippen molar-refractivity contribution in [1.82, 2.24) is 4.57 Å². The zero-order chi connectivity index (χ0) is 29.9. The normalized spacial score (nSPS) is 20.7. The lowest BCUT2D eigenvalue weighted by Crippen LogP contribution is -2.33. The van der Waals surface area contributed by atoms with Crippen molar-refractivity contribution in [2.45, 2.75) is 62.0 Å². The Hall–Kier alpha value is -3.38. The highest BCUT2D eigenvalue weighted by Gasteiger charge is 2.57. The smallest absolute Gasteiger partial charge is 0.418 e. The maximum absolute atomic E-state index is 14.0. The van der Waals surface area contributed by atoms with Gasteiger partial charge >= 0.3 is 17.0 Å². The summed E-state index contributed by atoms with van der Waals surface area (Å²) in [5.41, 5.74) is -0.124. The summed E-state index contributed by atoms with van der Waals surface area (Å²) in [5.74, 6) is -4.05. The maximum Gasteiger partial charge on any atom is 0.418 e. The van der Waals surface area contributed by atoms with Gasteiger partial charge in [-0.05, 0) is 35.6 Å². The van der Waals surface area contributed by atoms with Gasteiger partial charge in [0.2, 0.25) is 11.8 Å². The molecule has 0 spiro atoms. The Morgan fingerprint density at radius 3 is 2.24 bits per heavy atom. The van der Waals surface area contributed by atoms with Gasteiger partial charge in [0.1, 0.15) is 11.8 Å². The van der Waals surface area contributed by atoms with Gasteiger partial charge in [-0.1, -0.05) is 80.3 Å². The molecule has 1 saturated heterocycles. The third-order valence-electron chi connectivity index (χ3n) is 7.23. The van der Waals surface area contributed by atoms with Gasteiger partial charge in [0.25, 0.3) is 0 Å². The first-order valence-electron chi connectivity index (χ1n) is 12.9. The van der Waals surface area contributed by atoms with Gasteiger partial charge in [0.15, 0.2) is 0 Å². The summed E-state index contributed by atoms with van der Waals surface area (Å²) < 4.78 is 48.0. The largest absolute Gasteiger partial charge is 0.465 e. The van der Waals surface area contributed by atoms with E-state index in [1.807, 2.05) is 45.0 Å². The van der Waals surface area contributed by atoms with E-state index in [1.54, 1.807) is 6.92 Å². The van der Waals surface area contributed by atoms with Crippen LogP contribution in [0, 0.1) is 5.92 Å². The minimum Gasteiger partial charge on any atom is -0.465 e. The number of nitrogens with zero attached hydrogens (tertiary/aromatic N) is 2. The molecule has 3 heterocycles. The van der Waals surface area contributed by atoms with E-state index in [1.165, 1.54) is 16.7 Å². The molecule has 41 heavy (non-hydrogen) atoms. The van der Waals surface area contributed by atoms with Gasteiger partial charge in [0, 0.05) is 10.8 Å². The first-order valence-corrected chi connectivity index (χ1v) is 14.6. The summed E-state index contributed by atoms with van der Waals surface area (Å²) in [7, 11) is 0. The molecule has 7 nitrogen and oxygen atoms in total. The zero-order valence-electron chi connectivity index (χ0n) is 22.7. The molecule has 2 aliphatic rings. The molecule has 2 aliphatic heterocycles. The molecule has 0 unspecified atom stereocenters. The van der Waals surface area contributed by atoms with Gasteiger partial charge in [-0.25, -0.2) is 4.90 Å². The minimum absolute atomic E-state index is 0.112. The maximum atomic E-state index is 14.0. The molecular weight excluding hydrogens is 577 g/mol. The summed E-state index contributed by atoms with van der Waals surface area (Å²) in [6, 6.07) is 11.9. The van der Waals surface area contributed by atoms with Gasteiger partial charge in [-0.3, -0.25) is 23.7 Å². The van der Waals surface area contributed by atoms with Crippen LogP contribution < -0.4 is 9.77 Å². The molecule has 0 aliphatic carbocycles. The lowest BCUT2D eigenvalue weighted by molar-refractivity contribution is -0.144. The fourth-order valence-electron chi connectivity index (χ4n) is 5.29. The molecule has 1 aromatic heterocycles. The first-order chi connectivity index (χ1) is 19.2. The van der Waals surface area contributed by atoms with Crippen LogP contribution in [0.15, 0.2) is 58.4 Å². The Kier molecular flexibility index (Phi) is 7.44. The van der Waals surface area contributed by atoms with Crippen LogP contribution in [0.3, 0.4) is 0 Å². The lowest BCUT2D eigenvalue weighted by atomic mass is 9.81. The van der Waals surface area contributed by atoms with Crippen LogP contribution in [0.2, 0.25) is 0 Å². The van der Waals surface area contributed by atoms with E-state index >= 15 is 0 Å². The van der Waals surface area contributed by atoms with Crippen LogP contribution in [-0.2, 0) is 37.3 Å². The van der Waals surface area contributed by atoms with E-state index in [4.69, 9.17) is 4.74 Å². The molecule has 1 fully saturated rings. The summed E-state index contributed by atoms with van der Waals surface area (Å²) in [4.78, 5) is 53.8. The molecule has 3 aromatic rings. The number of carbonyl (C=O) groups is 3. The highest BCUT2D eigenvalue weighted by molar-refractivity contribution is 8.00. The van der Waals surface area contributed by atoms with Gasteiger partial charge in [-0.15, -0.1) is 0 Å². The number of benzene rings is 2. The number of ether oxygens (including phenoxy) is 1. The van der Waals surface area contributed by atoms with Gasteiger partial charge in [0.05, 0.1) is 28.8 Å². The number of fused-ring (bicyclic) bond motifs is 2. The number of alkyl halides is 3. The number of thiazole rings is 1.